The highest BCUT2D eigenvalue weighted by Crippen LogP contribution is 2.65. The molecule has 5 atom stereocenters. The second kappa shape index (κ2) is 5.73. The zero-order valence-electron chi connectivity index (χ0n) is 15.5. The molecule has 2 bridgehead atoms. The second-order valence-electron chi connectivity index (χ2n) is 9.00. The Morgan fingerprint density at radius 1 is 1.27 bits per heavy atom. The maximum absolute atomic E-state index is 12.9. The van der Waals surface area contributed by atoms with Crippen LogP contribution in [0.1, 0.15) is 44.7 Å². The molecule has 0 unspecified atom stereocenters. The van der Waals surface area contributed by atoms with Crippen molar-refractivity contribution in [2.24, 2.45) is 17.3 Å². The van der Waals surface area contributed by atoms with Crippen molar-refractivity contribution in [1.29, 1.82) is 0 Å². The summed E-state index contributed by atoms with van der Waals surface area (Å²) in [5, 5.41) is 0. The SMILES string of the molecule is CC1(C)[C@@H]2C[C@H]3OB([C@@H]([NH3+])Cc4cccc(C(F)(F)F)c4)O[C@@]3(C)[C@H]1C2. The lowest BCUT2D eigenvalue weighted by Crippen LogP contribution is -2.70. The molecule has 142 valence electrons. The molecular formula is C19H26BF3NO2+. The van der Waals surface area contributed by atoms with Gasteiger partial charge in [-0.3, -0.25) is 0 Å². The van der Waals surface area contributed by atoms with Gasteiger partial charge in [0.2, 0.25) is 0 Å². The molecular weight excluding hydrogens is 342 g/mol. The molecule has 5 rings (SSSR count). The van der Waals surface area contributed by atoms with Gasteiger partial charge in [-0.1, -0.05) is 32.0 Å². The molecule has 3 saturated carbocycles. The molecule has 3 nitrogen and oxygen atoms in total. The van der Waals surface area contributed by atoms with Crippen LogP contribution in [-0.4, -0.2) is 24.8 Å². The third kappa shape index (κ3) is 2.71. The molecule has 1 aromatic carbocycles. The van der Waals surface area contributed by atoms with Crippen molar-refractivity contribution in [3.63, 3.8) is 0 Å². The van der Waals surface area contributed by atoms with Crippen LogP contribution in [0, 0.1) is 17.3 Å². The number of alkyl halides is 3. The fourth-order valence-electron chi connectivity index (χ4n) is 5.38. The maximum Gasteiger partial charge on any atom is 0.521 e. The first-order valence-corrected chi connectivity index (χ1v) is 9.34. The highest BCUT2D eigenvalue weighted by molar-refractivity contribution is 6.46. The van der Waals surface area contributed by atoms with Crippen molar-refractivity contribution in [3.8, 4) is 0 Å². The number of hydrogen-bond acceptors (Lipinski definition) is 2. The van der Waals surface area contributed by atoms with Crippen LogP contribution in [-0.2, 0) is 21.9 Å². The quantitative estimate of drug-likeness (QED) is 0.834. The molecule has 1 aromatic rings. The second-order valence-corrected chi connectivity index (χ2v) is 9.00. The smallest absolute Gasteiger partial charge is 0.401 e. The molecule has 1 aliphatic heterocycles. The lowest BCUT2D eigenvalue weighted by Gasteiger charge is -2.64. The monoisotopic (exact) mass is 368 g/mol. The molecule has 1 heterocycles. The van der Waals surface area contributed by atoms with Crippen LogP contribution in [0.25, 0.3) is 0 Å². The summed E-state index contributed by atoms with van der Waals surface area (Å²) in [5.41, 5.74) is 4.07. The van der Waals surface area contributed by atoms with Crippen molar-refractivity contribution in [2.45, 2.75) is 63.9 Å². The Morgan fingerprint density at radius 2 is 2.00 bits per heavy atom. The van der Waals surface area contributed by atoms with Crippen molar-refractivity contribution in [1.82, 2.24) is 0 Å². The van der Waals surface area contributed by atoms with E-state index in [1.165, 1.54) is 18.6 Å². The number of rotatable bonds is 3. The first-order chi connectivity index (χ1) is 12.0. The van der Waals surface area contributed by atoms with Gasteiger partial charge in [-0.2, -0.15) is 13.2 Å². The van der Waals surface area contributed by atoms with E-state index in [1.807, 2.05) is 0 Å². The first kappa shape index (κ1) is 18.3. The molecule has 4 aliphatic rings. The van der Waals surface area contributed by atoms with Crippen molar-refractivity contribution < 1.29 is 28.2 Å². The Balaban J connectivity index is 1.47. The predicted octanol–water partition coefficient (Wildman–Crippen LogP) is 3.13. The molecule has 3 N–H and O–H groups in total. The minimum Gasteiger partial charge on any atom is -0.401 e. The molecule has 7 heteroatoms. The molecule has 4 fully saturated rings. The van der Waals surface area contributed by atoms with Crippen LogP contribution < -0.4 is 5.73 Å². The number of halogens is 3. The molecule has 1 saturated heterocycles. The van der Waals surface area contributed by atoms with E-state index < -0.39 is 18.9 Å². The highest BCUT2D eigenvalue weighted by atomic mass is 19.4. The van der Waals surface area contributed by atoms with Crippen LogP contribution in [0.5, 0.6) is 0 Å². The van der Waals surface area contributed by atoms with E-state index in [9.17, 15) is 13.2 Å². The van der Waals surface area contributed by atoms with E-state index >= 15 is 0 Å². The van der Waals surface area contributed by atoms with E-state index in [2.05, 4.69) is 26.5 Å². The van der Waals surface area contributed by atoms with E-state index in [4.69, 9.17) is 9.31 Å². The average Bonchev–Trinajstić information content (AvgIpc) is 2.91. The minimum absolute atomic E-state index is 0.0648. The summed E-state index contributed by atoms with van der Waals surface area (Å²) in [7, 11) is -0.463. The van der Waals surface area contributed by atoms with Gasteiger partial charge in [-0.15, -0.1) is 0 Å². The van der Waals surface area contributed by atoms with Gasteiger partial charge in [-0.05, 0) is 48.6 Å². The van der Waals surface area contributed by atoms with Gasteiger partial charge in [0, 0.05) is 6.42 Å². The first-order valence-electron chi connectivity index (χ1n) is 9.34. The molecule has 0 radical (unpaired) electrons. The Morgan fingerprint density at radius 3 is 2.65 bits per heavy atom. The van der Waals surface area contributed by atoms with Gasteiger partial charge in [0.25, 0.3) is 0 Å². The Bertz CT molecular complexity index is 710. The fourth-order valence-corrected chi connectivity index (χ4v) is 5.38. The normalized spacial score (nSPS) is 36.4. The van der Waals surface area contributed by atoms with E-state index in [0.29, 0.717) is 23.8 Å². The predicted molar refractivity (Wildman–Crippen MR) is 91.9 cm³/mol. The summed E-state index contributed by atoms with van der Waals surface area (Å²) in [4.78, 5) is 0. The third-order valence-electron chi connectivity index (χ3n) is 7.11. The minimum atomic E-state index is -4.33. The summed E-state index contributed by atoms with van der Waals surface area (Å²) in [6, 6.07) is 5.44. The maximum atomic E-state index is 12.9. The van der Waals surface area contributed by atoms with Crippen LogP contribution in [0.3, 0.4) is 0 Å². The van der Waals surface area contributed by atoms with Crippen molar-refractivity contribution >= 4 is 7.12 Å². The van der Waals surface area contributed by atoms with E-state index in [0.717, 1.165) is 12.5 Å². The lowest BCUT2D eigenvalue weighted by molar-refractivity contribution is -0.397. The number of benzene rings is 1. The number of hydrogen-bond donors (Lipinski definition) is 1. The molecule has 0 aromatic heterocycles. The van der Waals surface area contributed by atoms with Crippen molar-refractivity contribution in [2.75, 3.05) is 0 Å². The molecule has 26 heavy (non-hydrogen) atoms. The fraction of sp³-hybridized carbons (Fsp3) is 0.684. The van der Waals surface area contributed by atoms with E-state index in [-0.39, 0.29) is 23.1 Å². The largest absolute Gasteiger partial charge is 0.521 e. The van der Waals surface area contributed by atoms with Crippen LogP contribution in [0.2, 0.25) is 0 Å². The van der Waals surface area contributed by atoms with Crippen LogP contribution in [0.15, 0.2) is 24.3 Å². The Hall–Kier alpha value is -1.05. The lowest BCUT2D eigenvalue weighted by atomic mass is 9.43. The van der Waals surface area contributed by atoms with Gasteiger partial charge in [0.1, 0.15) is 5.94 Å². The Kier molecular flexibility index (Phi) is 4.03. The molecule has 0 spiro atoms. The topological polar surface area (TPSA) is 46.1 Å². The van der Waals surface area contributed by atoms with Gasteiger partial charge in [0.05, 0.1) is 17.3 Å². The average molecular weight is 368 g/mol. The van der Waals surface area contributed by atoms with Gasteiger partial charge >= 0.3 is 13.3 Å². The van der Waals surface area contributed by atoms with Crippen LogP contribution in [0.4, 0.5) is 13.2 Å². The summed E-state index contributed by atoms with van der Waals surface area (Å²) >= 11 is 0. The highest BCUT2D eigenvalue weighted by Gasteiger charge is 2.68. The summed E-state index contributed by atoms with van der Waals surface area (Å²) in [6.45, 7) is 6.74. The third-order valence-corrected chi connectivity index (χ3v) is 7.11. The summed E-state index contributed by atoms with van der Waals surface area (Å²) in [6.07, 6.45) is -1.70. The number of quaternary nitrogens is 1. The summed E-state index contributed by atoms with van der Waals surface area (Å²) < 4.78 is 51.3. The zero-order chi connectivity index (χ0) is 18.9. The Labute approximate surface area is 152 Å². The van der Waals surface area contributed by atoms with Gasteiger partial charge in [-0.25, -0.2) is 0 Å². The van der Waals surface area contributed by atoms with Gasteiger partial charge < -0.3 is 15.0 Å². The van der Waals surface area contributed by atoms with E-state index in [1.54, 1.807) is 6.07 Å². The van der Waals surface area contributed by atoms with Crippen LogP contribution >= 0.6 is 0 Å². The van der Waals surface area contributed by atoms with Gasteiger partial charge in [0.15, 0.2) is 0 Å². The zero-order valence-corrected chi connectivity index (χ0v) is 15.5. The molecule has 3 aliphatic carbocycles. The van der Waals surface area contributed by atoms with Crippen molar-refractivity contribution in [3.05, 3.63) is 35.4 Å². The standard InChI is InChI=1S/C19H25BF3NO2/c1-17(2)13-9-14(17)18(3)15(10-13)25-20(26-18)16(24)8-11-5-4-6-12(7-11)19(21,22)23/h4-7,13-16H,8-10,24H2,1-3H3/p+1/t13-,14-,15+,16-,18-/m0/s1. The molecule has 0 amide bonds. The summed E-state index contributed by atoms with van der Waals surface area (Å²) in [5.74, 6) is 0.880.